The molecular weight excluding hydrogens is 328 g/mol. The van der Waals surface area contributed by atoms with Gasteiger partial charge in [-0.1, -0.05) is 12.1 Å². The maximum atomic E-state index is 12.1. The Balaban J connectivity index is 1.62. The molecule has 0 fully saturated rings. The normalized spacial score (nSPS) is 10.0. The number of nitrogens with zero attached hydrogens (tertiary/aromatic N) is 3. The molecule has 0 saturated heterocycles. The molecule has 0 aliphatic carbocycles. The summed E-state index contributed by atoms with van der Waals surface area (Å²) in [6.07, 6.45) is 1.70. The number of hydrogen-bond acceptors (Lipinski definition) is 5. The minimum Gasteiger partial charge on any atom is -0.484 e. The fourth-order valence-electron chi connectivity index (χ4n) is 2.30. The maximum Gasteiger partial charge on any atom is 0.262 e. The summed E-state index contributed by atoms with van der Waals surface area (Å²) < 4.78 is 5.42. The molecule has 0 atom stereocenters. The molecular formula is C20H16N4O2. The first-order valence-electron chi connectivity index (χ1n) is 7.97. The van der Waals surface area contributed by atoms with E-state index in [-0.39, 0.29) is 12.5 Å². The van der Waals surface area contributed by atoms with Crippen molar-refractivity contribution in [3.8, 4) is 23.2 Å². The minimum absolute atomic E-state index is 0.128. The predicted octanol–water partition coefficient (Wildman–Crippen LogP) is 3.34. The zero-order valence-electron chi connectivity index (χ0n) is 14.1. The monoisotopic (exact) mass is 344 g/mol. The number of amides is 1. The highest BCUT2D eigenvalue weighted by atomic mass is 16.5. The topological polar surface area (TPSA) is 87.9 Å². The lowest BCUT2D eigenvalue weighted by Crippen LogP contribution is -2.20. The number of aromatic nitrogens is 2. The summed E-state index contributed by atoms with van der Waals surface area (Å²) in [4.78, 5) is 20.7. The summed E-state index contributed by atoms with van der Waals surface area (Å²) in [6, 6.07) is 17.8. The van der Waals surface area contributed by atoms with Crippen LogP contribution in [0.3, 0.4) is 0 Å². The molecule has 0 aliphatic rings. The Bertz CT molecular complexity index is 962. The molecule has 128 valence electrons. The molecule has 2 aromatic carbocycles. The Kier molecular flexibility index (Phi) is 5.20. The molecule has 0 saturated carbocycles. The average Bonchev–Trinajstić information content (AvgIpc) is 2.67. The molecule has 3 rings (SSSR count). The molecule has 3 aromatic rings. The van der Waals surface area contributed by atoms with Gasteiger partial charge in [0.15, 0.2) is 12.4 Å². The number of nitriles is 1. The first-order chi connectivity index (χ1) is 12.6. The fourth-order valence-corrected chi connectivity index (χ4v) is 2.30. The first-order valence-corrected chi connectivity index (χ1v) is 7.97. The van der Waals surface area contributed by atoms with Gasteiger partial charge in [-0.15, -0.1) is 0 Å². The summed E-state index contributed by atoms with van der Waals surface area (Å²) in [5.41, 5.74) is 2.87. The van der Waals surface area contributed by atoms with Gasteiger partial charge in [-0.05, 0) is 49.4 Å². The first kappa shape index (κ1) is 17.1. The van der Waals surface area contributed by atoms with Gasteiger partial charge in [-0.3, -0.25) is 4.79 Å². The molecule has 1 N–H and O–H groups in total. The van der Waals surface area contributed by atoms with Crippen LogP contribution in [0.25, 0.3) is 11.4 Å². The van der Waals surface area contributed by atoms with Gasteiger partial charge in [-0.25, -0.2) is 9.97 Å². The van der Waals surface area contributed by atoms with Crippen LogP contribution in [-0.4, -0.2) is 22.5 Å². The number of anilines is 1. The summed E-state index contributed by atoms with van der Waals surface area (Å²) >= 11 is 0. The van der Waals surface area contributed by atoms with Crippen molar-refractivity contribution < 1.29 is 9.53 Å². The van der Waals surface area contributed by atoms with E-state index in [1.54, 1.807) is 36.5 Å². The third-order valence-corrected chi connectivity index (χ3v) is 3.55. The number of nitrogens with one attached hydrogen (secondary N) is 1. The van der Waals surface area contributed by atoms with Crippen molar-refractivity contribution in [3.05, 3.63) is 72.1 Å². The van der Waals surface area contributed by atoms with Crippen molar-refractivity contribution in [2.75, 3.05) is 11.9 Å². The van der Waals surface area contributed by atoms with E-state index in [9.17, 15) is 4.79 Å². The van der Waals surface area contributed by atoms with E-state index in [0.29, 0.717) is 22.8 Å². The number of carbonyl (C=O) groups excluding carboxylic acids is 1. The zero-order chi connectivity index (χ0) is 18.4. The molecule has 0 radical (unpaired) electrons. The van der Waals surface area contributed by atoms with E-state index in [1.807, 2.05) is 37.3 Å². The van der Waals surface area contributed by atoms with Gasteiger partial charge in [0.05, 0.1) is 11.6 Å². The van der Waals surface area contributed by atoms with Crippen LogP contribution in [0.2, 0.25) is 0 Å². The lowest BCUT2D eigenvalue weighted by Gasteiger charge is -2.09. The number of ether oxygens (including phenoxy) is 1. The Labute approximate surface area is 151 Å². The van der Waals surface area contributed by atoms with Gasteiger partial charge in [-0.2, -0.15) is 5.26 Å². The molecule has 1 heterocycles. The Morgan fingerprint density at radius 1 is 1.19 bits per heavy atom. The fraction of sp³-hybridized carbons (Fsp3) is 0.100. The zero-order valence-corrected chi connectivity index (χ0v) is 14.1. The van der Waals surface area contributed by atoms with Crippen LogP contribution in [0.15, 0.2) is 60.8 Å². The maximum absolute atomic E-state index is 12.1. The number of aryl methyl sites for hydroxylation is 1. The van der Waals surface area contributed by atoms with Crippen LogP contribution in [0.5, 0.6) is 5.75 Å². The minimum atomic E-state index is -0.281. The number of rotatable bonds is 5. The molecule has 26 heavy (non-hydrogen) atoms. The SMILES string of the molecule is Cc1ccnc(-c2cccc(NC(=O)COc3ccc(C#N)cc3)c2)n1. The van der Waals surface area contributed by atoms with Crippen molar-refractivity contribution in [3.63, 3.8) is 0 Å². The summed E-state index contributed by atoms with van der Waals surface area (Å²) in [5, 5.41) is 11.6. The quantitative estimate of drug-likeness (QED) is 0.767. The Morgan fingerprint density at radius 2 is 2.00 bits per heavy atom. The van der Waals surface area contributed by atoms with E-state index in [2.05, 4.69) is 15.3 Å². The van der Waals surface area contributed by atoms with Gasteiger partial charge in [0.1, 0.15) is 5.75 Å². The third kappa shape index (κ3) is 4.42. The Hall–Kier alpha value is -3.72. The van der Waals surface area contributed by atoms with Crippen LogP contribution in [0.1, 0.15) is 11.3 Å². The van der Waals surface area contributed by atoms with E-state index >= 15 is 0 Å². The molecule has 0 spiro atoms. The molecule has 0 unspecified atom stereocenters. The smallest absolute Gasteiger partial charge is 0.262 e. The van der Waals surface area contributed by atoms with Crippen molar-refractivity contribution >= 4 is 11.6 Å². The molecule has 1 amide bonds. The van der Waals surface area contributed by atoms with Crippen LogP contribution in [-0.2, 0) is 4.79 Å². The highest BCUT2D eigenvalue weighted by Crippen LogP contribution is 2.19. The second-order valence-electron chi connectivity index (χ2n) is 5.58. The van der Waals surface area contributed by atoms with Crippen molar-refractivity contribution in [2.45, 2.75) is 6.92 Å². The lowest BCUT2D eigenvalue weighted by atomic mass is 10.2. The van der Waals surface area contributed by atoms with Crippen LogP contribution >= 0.6 is 0 Å². The van der Waals surface area contributed by atoms with Crippen molar-refractivity contribution in [1.82, 2.24) is 9.97 Å². The van der Waals surface area contributed by atoms with E-state index in [0.717, 1.165) is 11.3 Å². The lowest BCUT2D eigenvalue weighted by molar-refractivity contribution is -0.118. The number of hydrogen-bond donors (Lipinski definition) is 1. The second kappa shape index (κ2) is 7.90. The average molecular weight is 344 g/mol. The van der Waals surface area contributed by atoms with Crippen molar-refractivity contribution in [1.29, 1.82) is 5.26 Å². The molecule has 6 heteroatoms. The number of carbonyl (C=O) groups is 1. The summed E-state index contributed by atoms with van der Waals surface area (Å²) in [6.45, 7) is 1.77. The van der Waals surface area contributed by atoms with Gasteiger partial charge in [0.25, 0.3) is 5.91 Å². The predicted molar refractivity (Wildman–Crippen MR) is 97.5 cm³/mol. The van der Waals surface area contributed by atoms with E-state index < -0.39 is 0 Å². The molecule has 0 bridgehead atoms. The summed E-state index contributed by atoms with van der Waals surface area (Å²) in [5.74, 6) is 0.854. The van der Waals surface area contributed by atoms with Crippen LogP contribution < -0.4 is 10.1 Å². The van der Waals surface area contributed by atoms with Crippen molar-refractivity contribution in [2.24, 2.45) is 0 Å². The van der Waals surface area contributed by atoms with E-state index in [4.69, 9.17) is 10.00 Å². The number of benzene rings is 2. The highest BCUT2D eigenvalue weighted by molar-refractivity contribution is 5.92. The van der Waals surface area contributed by atoms with Gasteiger partial charge in [0.2, 0.25) is 0 Å². The standard InChI is InChI=1S/C20H16N4O2/c1-14-9-10-22-20(23-14)16-3-2-4-17(11-16)24-19(25)13-26-18-7-5-15(12-21)6-8-18/h2-11H,13H2,1H3,(H,24,25). The van der Waals surface area contributed by atoms with Gasteiger partial charge >= 0.3 is 0 Å². The molecule has 0 aliphatic heterocycles. The van der Waals surface area contributed by atoms with Crippen LogP contribution in [0, 0.1) is 18.3 Å². The largest absolute Gasteiger partial charge is 0.484 e. The summed E-state index contributed by atoms with van der Waals surface area (Å²) in [7, 11) is 0. The molecule has 6 nitrogen and oxygen atoms in total. The second-order valence-corrected chi connectivity index (χ2v) is 5.58. The van der Waals surface area contributed by atoms with Crippen LogP contribution in [0.4, 0.5) is 5.69 Å². The Morgan fingerprint density at radius 3 is 2.73 bits per heavy atom. The van der Waals surface area contributed by atoms with Gasteiger partial charge in [0, 0.05) is 23.1 Å². The third-order valence-electron chi connectivity index (χ3n) is 3.55. The highest BCUT2D eigenvalue weighted by Gasteiger charge is 2.07. The van der Waals surface area contributed by atoms with Gasteiger partial charge < -0.3 is 10.1 Å². The van der Waals surface area contributed by atoms with E-state index in [1.165, 1.54) is 0 Å². The molecule has 1 aromatic heterocycles.